The van der Waals surface area contributed by atoms with Crippen molar-refractivity contribution in [2.75, 3.05) is 4.90 Å². The molecule has 0 bridgehead atoms. The predicted octanol–water partition coefficient (Wildman–Crippen LogP) is 15.7. The molecule has 0 saturated carbocycles. The molecule has 12 rings (SSSR count). The molecule has 0 radical (unpaired) electrons. The first kappa shape index (κ1) is 32.7. The average molecular weight is 761 g/mol. The monoisotopic (exact) mass is 760 g/mol. The third-order valence-electron chi connectivity index (χ3n) is 11.3. The third kappa shape index (κ3) is 5.25. The summed E-state index contributed by atoms with van der Waals surface area (Å²) in [7, 11) is 0. The minimum Gasteiger partial charge on any atom is -0.456 e. The zero-order valence-electron chi connectivity index (χ0n) is 31.1. The van der Waals surface area contributed by atoms with Crippen LogP contribution >= 0.6 is 11.3 Å². The Morgan fingerprint density at radius 2 is 1.07 bits per heavy atom. The first-order valence-corrected chi connectivity index (χ1v) is 20.3. The van der Waals surface area contributed by atoms with E-state index in [4.69, 9.17) is 13.8 Å². The summed E-state index contributed by atoms with van der Waals surface area (Å²) in [5, 5.41) is 7.14. The molecule has 3 heterocycles. The van der Waals surface area contributed by atoms with E-state index in [0.717, 1.165) is 72.2 Å². The molecular formula is C53H32N2O2S. The number of thiophene rings is 1. The van der Waals surface area contributed by atoms with E-state index in [2.05, 4.69) is 163 Å². The lowest BCUT2D eigenvalue weighted by Crippen LogP contribution is -2.10. The van der Waals surface area contributed by atoms with Crippen LogP contribution in [0, 0.1) is 0 Å². The summed E-state index contributed by atoms with van der Waals surface area (Å²) in [5.41, 5.74) is 12.0. The average Bonchev–Trinajstić information content (AvgIpc) is 4.00. The molecule has 0 aliphatic heterocycles. The van der Waals surface area contributed by atoms with Crippen molar-refractivity contribution >= 4 is 92.4 Å². The fraction of sp³-hybridized carbons (Fsp3) is 0. The molecule has 0 N–H and O–H groups in total. The Balaban J connectivity index is 0.954. The fourth-order valence-electron chi connectivity index (χ4n) is 8.61. The van der Waals surface area contributed by atoms with E-state index in [-0.39, 0.29) is 0 Å². The van der Waals surface area contributed by atoms with E-state index in [1.54, 1.807) is 0 Å². The number of rotatable bonds is 6. The number of oxazole rings is 1. The van der Waals surface area contributed by atoms with Gasteiger partial charge in [-0.3, -0.25) is 0 Å². The number of aromatic nitrogens is 1. The van der Waals surface area contributed by atoms with Gasteiger partial charge < -0.3 is 13.7 Å². The summed E-state index contributed by atoms with van der Waals surface area (Å²) in [6.45, 7) is 0. The van der Waals surface area contributed by atoms with Gasteiger partial charge in [-0.2, -0.15) is 0 Å². The summed E-state index contributed by atoms with van der Waals surface area (Å²) in [5.74, 6) is 0.621. The van der Waals surface area contributed by atoms with Crippen molar-refractivity contribution in [3.8, 4) is 33.7 Å². The summed E-state index contributed by atoms with van der Waals surface area (Å²) >= 11 is 1.84. The molecule has 0 fully saturated rings. The van der Waals surface area contributed by atoms with Gasteiger partial charge in [-0.25, -0.2) is 4.98 Å². The van der Waals surface area contributed by atoms with Crippen LogP contribution in [0.15, 0.2) is 203 Å². The quantitative estimate of drug-likeness (QED) is 0.169. The fourth-order valence-corrected chi connectivity index (χ4v) is 9.73. The van der Waals surface area contributed by atoms with Gasteiger partial charge in [0.2, 0.25) is 5.89 Å². The van der Waals surface area contributed by atoms with Crippen LogP contribution in [-0.4, -0.2) is 4.98 Å². The van der Waals surface area contributed by atoms with Gasteiger partial charge in [-0.15, -0.1) is 11.3 Å². The van der Waals surface area contributed by atoms with Crippen LogP contribution in [0.2, 0.25) is 0 Å². The number of benzene rings is 9. The van der Waals surface area contributed by atoms with Crippen molar-refractivity contribution in [1.82, 2.24) is 4.98 Å². The highest BCUT2D eigenvalue weighted by molar-refractivity contribution is 7.26. The van der Waals surface area contributed by atoms with Crippen molar-refractivity contribution in [3.05, 3.63) is 194 Å². The van der Waals surface area contributed by atoms with Gasteiger partial charge in [0.15, 0.2) is 5.58 Å². The highest BCUT2D eigenvalue weighted by Crippen LogP contribution is 2.46. The third-order valence-corrected chi connectivity index (χ3v) is 12.4. The van der Waals surface area contributed by atoms with Crippen LogP contribution in [0.4, 0.5) is 17.1 Å². The smallest absolute Gasteiger partial charge is 0.227 e. The Kier molecular flexibility index (Phi) is 7.37. The molecule has 0 atom stereocenters. The van der Waals surface area contributed by atoms with Gasteiger partial charge in [0, 0.05) is 47.9 Å². The molecule has 3 aromatic heterocycles. The lowest BCUT2D eigenvalue weighted by atomic mass is 9.94. The molecular weight excluding hydrogens is 729 g/mol. The van der Waals surface area contributed by atoms with Crippen molar-refractivity contribution in [2.45, 2.75) is 0 Å². The zero-order valence-corrected chi connectivity index (χ0v) is 31.9. The second kappa shape index (κ2) is 13.1. The second-order valence-electron chi connectivity index (χ2n) is 14.7. The number of fused-ring (bicyclic) bond motifs is 9. The molecule has 58 heavy (non-hydrogen) atoms. The molecule has 0 spiro atoms. The van der Waals surface area contributed by atoms with Crippen molar-refractivity contribution < 1.29 is 8.83 Å². The molecule has 272 valence electrons. The molecule has 12 aromatic rings. The normalized spacial score (nSPS) is 11.8. The maximum absolute atomic E-state index is 6.74. The van der Waals surface area contributed by atoms with Crippen LogP contribution in [0.5, 0.6) is 0 Å². The Labute approximate surface area is 337 Å². The lowest BCUT2D eigenvalue weighted by Gasteiger charge is -2.26. The maximum atomic E-state index is 6.74. The minimum absolute atomic E-state index is 0.621. The van der Waals surface area contributed by atoms with Crippen LogP contribution in [-0.2, 0) is 0 Å². The Morgan fingerprint density at radius 1 is 0.397 bits per heavy atom. The minimum atomic E-state index is 0.621. The maximum Gasteiger partial charge on any atom is 0.227 e. The van der Waals surface area contributed by atoms with Gasteiger partial charge in [-0.05, 0) is 118 Å². The van der Waals surface area contributed by atoms with E-state index in [1.807, 2.05) is 47.7 Å². The van der Waals surface area contributed by atoms with Gasteiger partial charge in [0.05, 0.1) is 5.69 Å². The number of hydrogen-bond donors (Lipinski definition) is 0. The summed E-state index contributed by atoms with van der Waals surface area (Å²) in [6, 6.07) is 68.6. The highest BCUT2D eigenvalue weighted by Gasteiger charge is 2.20. The zero-order chi connectivity index (χ0) is 38.2. The second-order valence-corrected chi connectivity index (χ2v) is 15.8. The highest BCUT2D eigenvalue weighted by atomic mass is 32.1. The molecule has 9 aromatic carbocycles. The topological polar surface area (TPSA) is 42.4 Å². The SMILES string of the molecule is c1ccc(-c2nc3cc(-c4ccc5c(c4)oc4cc(-c6ccc(N(c7ccccc7)c7cccc8sc9ccccc9c78)cc6)c6ccccc6c45)ccc3o2)cc1. The molecule has 4 nitrogen and oxygen atoms in total. The number of furan rings is 1. The van der Waals surface area contributed by atoms with E-state index in [1.165, 1.54) is 36.6 Å². The first-order valence-electron chi connectivity index (χ1n) is 19.4. The summed E-state index contributed by atoms with van der Waals surface area (Å²) in [4.78, 5) is 7.19. The van der Waals surface area contributed by atoms with Gasteiger partial charge in [0.1, 0.15) is 16.7 Å². The molecule has 0 aliphatic carbocycles. The molecule has 5 heteroatoms. The van der Waals surface area contributed by atoms with Crippen LogP contribution in [0.25, 0.3) is 97.7 Å². The van der Waals surface area contributed by atoms with Crippen LogP contribution in [0.1, 0.15) is 0 Å². The summed E-state index contributed by atoms with van der Waals surface area (Å²) < 4.78 is 15.4. The van der Waals surface area contributed by atoms with E-state index in [0.29, 0.717) is 5.89 Å². The Bertz CT molecular complexity index is 3510. The van der Waals surface area contributed by atoms with Gasteiger partial charge >= 0.3 is 0 Å². The standard InChI is InChI=1S/C53H32N2O2S/c1-3-12-34(13-4-1)53-54-44-30-35(25-29-46(44)57-53)36-24-28-41-47(31-36)56-48-32-43(39-16-7-8-17-40(39)51(41)48)33-22-26-38(27-23-33)55(37-14-5-2-6-15-37)45-19-11-21-50-52(45)42-18-9-10-20-49(42)58-50/h1-32H. The lowest BCUT2D eigenvalue weighted by molar-refractivity contribution is 0.620. The number of anilines is 3. The van der Waals surface area contributed by atoms with Gasteiger partial charge in [-0.1, -0.05) is 109 Å². The van der Waals surface area contributed by atoms with Crippen LogP contribution < -0.4 is 4.90 Å². The Morgan fingerprint density at radius 3 is 1.91 bits per heavy atom. The molecule has 0 unspecified atom stereocenters. The Hall–Kier alpha value is -7.47. The van der Waals surface area contributed by atoms with Crippen molar-refractivity contribution in [2.24, 2.45) is 0 Å². The van der Waals surface area contributed by atoms with Gasteiger partial charge in [0.25, 0.3) is 0 Å². The molecule has 0 saturated heterocycles. The number of hydrogen-bond acceptors (Lipinski definition) is 5. The predicted molar refractivity (Wildman–Crippen MR) is 243 cm³/mol. The van der Waals surface area contributed by atoms with Crippen molar-refractivity contribution in [3.63, 3.8) is 0 Å². The number of para-hydroxylation sites is 1. The van der Waals surface area contributed by atoms with Crippen LogP contribution in [0.3, 0.4) is 0 Å². The van der Waals surface area contributed by atoms with Crippen molar-refractivity contribution in [1.29, 1.82) is 0 Å². The largest absolute Gasteiger partial charge is 0.456 e. The van der Waals surface area contributed by atoms with E-state index < -0.39 is 0 Å². The van der Waals surface area contributed by atoms with E-state index in [9.17, 15) is 0 Å². The molecule has 0 amide bonds. The van der Waals surface area contributed by atoms with E-state index >= 15 is 0 Å². The first-order chi connectivity index (χ1) is 28.7. The molecule has 0 aliphatic rings. The summed E-state index contributed by atoms with van der Waals surface area (Å²) in [6.07, 6.45) is 0. The number of nitrogens with zero attached hydrogens (tertiary/aromatic N) is 2.